The Morgan fingerprint density at radius 1 is 1.46 bits per heavy atom. The fraction of sp³-hybridized carbons (Fsp3) is 0.353. The molecule has 1 atom stereocenters. The van der Waals surface area contributed by atoms with Crippen molar-refractivity contribution in [3.05, 3.63) is 40.8 Å². The molecule has 7 heteroatoms. The van der Waals surface area contributed by atoms with Gasteiger partial charge in [-0.25, -0.2) is 0 Å². The van der Waals surface area contributed by atoms with Gasteiger partial charge in [-0.1, -0.05) is 0 Å². The first-order valence-corrected chi connectivity index (χ1v) is 8.77. The summed E-state index contributed by atoms with van der Waals surface area (Å²) in [7, 11) is 0. The first-order chi connectivity index (χ1) is 11.6. The molecule has 1 amide bonds. The maximum atomic E-state index is 13.0. The van der Waals surface area contributed by atoms with Crippen LogP contribution in [0.4, 0.5) is 5.78 Å². The number of fused-ring (bicyclic) bond motifs is 1. The molecule has 0 spiro atoms. The minimum absolute atomic E-state index is 0.0736. The van der Waals surface area contributed by atoms with Crippen LogP contribution in [0.5, 0.6) is 0 Å². The van der Waals surface area contributed by atoms with Gasteiger partial charge in [-0.3, -0.25) is 0 Å². The summed E-state index contributed by atoms with van der Waals surface area (Å²) in [6.07, 6.45) is 0. The summed E-state index contributed by atoms with van der Waals surface area (Å²) in [6.45, 7) is 8.03. The van der Waals surface area contributed by atoms with Crippen LogP contribution in [0.3, 0.4) is 0 Å². The molecule has 2 heterocycles. The number of carbonyl (C=O) groups excluding carboxylic acids is 1. The predicted molar refractivity (Wildman–Crippen MR) is 96.8 cm³/mol. The Kier molecular flexibility index (Phi) is 5.11. The molecule has 0 aliphatic carbocycles. The van der Waals surface area contributed by atoms with E-state index in [9.17, 15) is 4.79 Å². The van der Waals surface area contributed by atoms with Gasteiger partial charge < -0.3 is 0 Å². The van der Waals surface area contributed by atoms with Crippen molar-refractivity contribution in [2.45, 2.75) is 26.7 Å². The Morgan fingerprint density at radius 3 is 3.00 bits per heavy atom. The van der Waals surface area contributed by atoms with E-state index in [0.29, 0.717) is 12.4 Å². The van der Waals surface area contributed by atoms with Crippen molar-refractivity contribution in [2.75, 3.05) is 18.2 Å². The normalized spacial score (nSPS) is 12.3. The molecule has 3 rings (SSSR count). The van der Waals surface area contributed by atoms with Gasteiger partial charge in [0.15, 0.2) is 0 Å². The molecule has 5 nitrogen and oxygen atoms in total. The number of benzene rings is 1. The molecule has 0 saturated carbocycles. The summed E-state index contributed by atoms with van der Waals surface area (Å²) in [5.74, 6) is 0.0351. The Labute approximate surface area is 145 Å². The first-order valence-electron chi connectivity index (χ1n) is 7.89. The van der Waals surface area contributed by atoms with Crippen LogP contribution in [0.2, 0.25) is 0 Å². The second-order valence-corrected chi connectivity index (χ2v) is 6.58. The third-order valence-electron chi connectivity index (χ3n) is 3.92. The van der Waals surface area contributed by atoms with Gasteiger partial charge in [-0.15, -0.1) is 0 Å². The quantitative estimate of drug-likeness (QED) is 0.642. The third kappa shape index (κ3) is 3.42. The predicted octanol–water partition coefficient (Wildman–Crippen LogP) is 3.67. The Hall–Kier alpha value is -1.99. The van der Waals surface area contributed by atoms with E-state index in [0.717, 1.165) is 11.2 Å². The molecule has 1 aromatic carbocycles. The molecule has 24 heavy (non-hydrogen) atoms. The van der Waals surface area contributed by atoms with Gasteiger partial charge in [0.25, 0.3) is 0 Å². The van der Waals surface area contributed by atoms with Crippen LogP contribution in [-0.4, -0.2) is 31.3 Å². The average molecular weight is 342 g/mol. The summed E-state index contributed by atoms with van der Waals surface area (Å²) in [5, 5.41) is 7.12. The van der Waals surface area contributed by atoms with Crippen LogP contribution in [0, 0.1) is 6.92 Å². The van der Waals surface area contributed by atoms with E-state index in [4.69, 9.17) is 9.26 Å². The van der Waals surface area contributed by atoms with Crippen molar-refractivity contribution in [1.82, 2.24) is 5.16 Å². The van der Waals surface area contributed by atoms with Gasteiger partial charge in [0.1, 0.15) is 0 Å². The van der Waals surface area contributed by atoms with Crippen LogP contribution < -0.4 is 4.90 Å². The fourth-order valence-electron chi connectivity index (χ4n) is 2.51. The molecule has 1 unspecified atom stereocenters. The van der Waals surface area contributed by atoms with Crippen molar-refractivity contribution in [3.63, 3.8) is 0 Å². The van der Waals surface area contributed by atoms with Crippen LogP contribution in [-0.2, 0) is 9.53 Å². The number of carbonyl (C=O) groups is 1. The zero-order valence-corrected chi connectivity index (χ0v) is 14.8. The van der Waals surface area contributed by atoms with E-state index in [1.54, 1.807) is 18.2 Å². The molecular formula is C17H19BN2O3S. The van der Waals surface area contributed by atoms with Gasteiger partial charge in [0.05, 0.1) is 0 Å². The Morgan fingerprint density at radius 2 is 2.29 bits per heavy atom. The van der Waals surface area contributed by atoms with Crippen molar-refractivity contribution in [1.29, 1.82) is 0 Å². The number of rotatable bonds is 6. The monoisotopic (exact) mass is 342 g/mol. The Balaban J connectivity index is 1.87. The SMILES string of the molecule is CCOCN(C(=O)C(C)c1ccc2ccsc2c1)c1bc(C)no1. The number of amides is 1. The molecule has 2 aromatic heterocycles. The van der Waals surface area contributed by atoms with Crippen LogP contribution in [0.25, 0.3) is 10.1 Å². The molecule has 0 aliphatic rings. The summed E-state index contributed by atoms with van der Waals surface area (Å²) in [5.41, 5.74) is 1.71. The van der Waals surface area contributed by atoms with Crippen LogP contribution in [0.1, 0.15) is 30.9 Å². The van der Waals surface area contributed by atoms with E-state index < -0.39 is 0 Å². The van der Waals surface area contributed by atoms with Gasteiger partial charge in [-0.05, 0) is 0 Å². The van der Waals surface area contributed by atoms with Crippen molar-refractivity contribution >= 4 is 40.0 Å². The van der Waals surface area contributed by atoms with Gasteiger partial charge in [0.2, 0.25) is 0 Å². The Bertz CT molecular complexity index is 845. The zero-order chi connectivity index (χ0) is 17.1. The van der Waals surface area contributed by atoms with Crippen molar-refractivity contribution in [3.8, 4) is 0 Å². The molecule has 0 aliphatic heterocycles. The second kappa shape index (κ2) is 7.28. The molecule has 0 saturated heterocycles. The second-order valence-electron chi connectivity index (χ2n) is 5.63. The van der Waals surface area contributed by atoms with E-state index in [1.807, 2.05) is 26.8 Å². The molecule has 0 N–H and O–H groups in total. The number of hydrogen-bond acceptors (Lipinski definition) is 5. The first kappa shape index (κ1) is 16.9. The summed E-state index contributed by atoms with van der Waals surface area (Å²) in [4.78, 5) is 14.5. The average Bonchev–Trinajstić information content (AvgIpc) is 3.22. The minimum atomic E-state index is -0.303. The molecular weight excluding hydrogens is 323 g/mol. The summed E-state index contributed by atoms with van der Waals surface area (Å²) >= 11 is 1.67. The van der Waals surface area contributed by atoms with Crippen molar-refractivity contribution < 1.29 is 14.1 Å². The van der Waals surface area contributed by atoms with Gasteiger partial charge in [-0.2, -0.15) is 0 Å². The zero-order valence-electron chi connectivity index (χ0n) is 14.0. The molecule has 0 fully saturated rings. The van der Waals surface area contributed by atoms with E-state index >= 15 is 0 Å². The number of anilines is 1. The van der Waals surface area contributed by atoms with E-state index in [1.165, 1.54) is 15.0 Å². The number of aryl methyl sites for hydroxylation is 1. The standard InChI is InChI=1S/C17H19BN2O3S/c1-4-22-10-20(17-18-12(3)19-23-17)16(21)11(2)14-6-5-13-7-8-24-15(13)9-14/h5-9,11H,4,10H2,1-3H3. The number of hydrogen-bond donors (Lipinski definition) is 0. The summed E-state index contributed by atoms with van der Waals surface area (Å²) in [6, 6.07) is 8.21. The topological polar surface area (TPSA) is 55.6 Å². The molecule has 0 bridgehead atoms. The van der Waals surface area contributed by atoms with Gasteiger partial charge in [0, 0.05) is 0 Å². The van der Waals surface area contributed by atoms with E-state index in [-0.39, 0.29) is 18.6 Å². The molecule has 124 valence electrons. The van der Waals surface area contributed by atoms with Crippen LogP contribution >= 0.6 is 11.3 Å². The number of ether oxygens (including phenoxy) is 1. The molecule has 0 radical (unpaired) electrons. The van der Waals surface area contributed by atoms with Crippen molar-refractivity contribution in [2.24, 2.45) is 0 Å². The summed E-state index contributed by atoms with van der Waals surface area (Å²) < 4.78 is 11.9. The third-order valence-corrected chi connectivity index (χ3v) is 4.80. The van der Waals surface area contributed by atoms with Crippen LogP contribution in [0.15, 0.2) is 34.2 Å². The number of aromatic nitrogens is 1. The maximum absolute atomic E-state index is 13.0. The fourth-order valence-corrected chi connectivity index (χ4v) is 3.35. The molecule has 3 aromatic rings. The number of nitrogens with zero attached hydrogens (tertiary/aromatic N) is 2. The van der Waals surface area contributed by atoms with E-state index in [2.05, 4.69) is 28.7 Å². The van der Waals surface area contributed by atoms with Gasteiger partial charge >= 0.3 is 145 Å². The number of thiophene rings is 1.